The van der Waals surface area contributed by atoms with Crippen molar-refractivity contribution in [3.63, 3.8) is 0 Å². The molecule has 0 bridgehead atoms. The highest BCUT2D eigenvalue weighted by Gasteiger charge is 2.34. The third kappa shape index (κ3) is 3.93. The van der Waals surface area contributed by atoms with Crippen LogP contribution in [0.5, 0.6) is 0 Å². The highest BCUT2D eigenvalue weighted by Crippen LogP contribution is 2.24. The number of nitrogens with zero attached hydrogens (tertiary/aromatic N) is 2. The molecule has 114 valence electrons. The Bertz CT molecular complexity index is 349. The van der Waals surface area contributed by atoms with Crippen molar-refractivity contribution in [1.82, 2.24) is 9.80 Å². The third-order valence-electron chi connectivity index (χ3n) is 4.31. The Hall–Kier alpha value is -1.14. The average Bonchev–Trinajstić information content (AvgIpc) is 2.41. The van der Waals surface area contributed by atoms with Crippen molar-refractivity contribution in [2.24, 2.45) is 11.8 Å². The second kappa shape index (κ2) is 7.04. The molecule has 6 nitrogen and oxygen atoms in total. The van der Waals surface area contributed by atoms with Gasteiger partial charge in [0, 0.05) is 32.6 Å². The van der Waals surface area contributed by atoms with E-state index >= 15 is 0 Å². The first-order chi connectivity index (χ1) is 9.58. The molecule has 0 saturated carbocycles. The molecule has 2 rings (SSSR count). The predicted octanol–water partition coefficient (Wildman–Crippen LogP) is 0.278. The number of amides is 1. The van der Waals surface area contributed by atoms with Crippen molar-refractivity contribution in [3.8, 4) is 0 Å². The number of carbonyl (C=O) groups is 2. The number of ether oxygens (including phenoxy) is 1. The number of carbonyl (C=O) groups excluding carboxylic acids is 1. The molecule has 1 unspecified atom stereocenters. The van der Waals surface area contributed by atoms with E-state index in [0.29, 0.717) is 32.7 Å². The van der Waals surface area contributed by atoms with Gasteiger partial charge in [0.05, 0.1) is 19.1 Å². The van der Waals surface area contributed by atoms with E-state index in [1.807, 2.05) is 4.90 Å². The predicted molar refractivity (Wildman–Crippen MR) is 73.4 cm³/mol. The monoisotopic (exact) mass is 284 g/mol. The van der Waals surface area contributed by atoms with Crippen LogP contribution in [0, 0.1) is 11.8 Å². The number of hydrogen-bond donors (Lipinski definition) is 1. The Morgan fingerprint density at radius 3 is 2.55 bits per heavy atom. The van der Waals surface area contributed by atoms with Gasteiger partial charge in [0.15, 0.2) is 0 Å². The molecule has 2 fully saturated rings. The largest absolute Gasteiger partial charge is 0.481 e. The summed E-state index contributed by atoms with van der Waals surface area (Å²) in [7, 11) is 0. The zero-order valence-electron chi connectivity index (χ0n) is 12.1. The van der Waals surface area contributed by atoms with Crippen molar-refractivity contribution >= 4 is 11.9 Å². The van der Waals surface area contributed by atoms with Crippen LogP contribution in [0.3, 0.4) is 0 Å². The Morgan fingerprint density at radius 1 is 1.30 bits per heavy atom. The number of aliphatic carboxylic acids is 1. The molecular formula is C14H24N2O4. The second-order valence-corrected chi connectivity index (χ2v) is 5.74. The molecule has 0 aromatic heterocycles. The van der Waals surface area contributed by atoms with Crippen LogP contribution in [0.15, 0.2) is 0 Å². The van der Waals surface area contributed by atoms with Gasteiger partial charge in [-0.25, -0.2) is 0 Å². The fourth-order valence-electron chi connectivity index (χ4n) is 2.74. The molecular weight excluding hydrogens is 260 g/mol. The molecule has 1 amide bonds. The first-order valence-electron chi connectivity index (χ1n) is 7.38. The fourth-order valence-corrected chi connectivity index (χ4v) is 2.74. The van der Waals surface area contributed by atoms with Crippen molar-refractivity contribution in [2.45, 2.75) is 19.8 Å². The van der Waals surface area contributed by atoms with E-state index in [-0.39, 0.29) is 17.7 Å². The lowest BCUT2D eigenvalue weighted by molar-refractivity contribution is -0.145. The van der Waals surface area contributed by atoms with Crippen LogP contribution in [-0.4, -0.2) is 72.7 Å². The molecule has 0 spiro atoms. The molecule has 0 aromatic carbocycles. The highest BCUT2D eigenvalue weighted by atomic mass is 16.5. The van der Waals surface area contributed by atoms with Crippen molar-refractivity contribution < 1.29 is 19.4 Å². The lowest BCUT2D eigenvalue weighted by atomic mass is 9.87. The van der Waals surface area contributed by atoms with Gasteiger partial charge in [-0.2, -0.15) is 0 Å². The van der Waals surface area contributed by atoms with Crippen LogP contribution in [0.1, 0.15) is 19.8 Å². The van der Waals surface area contributed by atoms with Crippen LogP contribution in [0.4, 0.5) is 0 Å². The summed E-state index contributed by atoms with van der Waals surface area (Å²) in [6, 6.07) is 0. The summed E-state index contributed by atoms with van der Waals surface area (Å²) in [6.07, 6.45) is 1.43. The minimum absolute atomic E-state index is 0.212. The van der Waals surface area contributed by atoms with E-state index in [1.54, 1.807) is 6.92 Å². The van der Waals surface area contributed by atoms with Crippen LogP contribution in [0.25, 0.3) is 0 Å². The number of likely N-dealkylation sites (tertiary alicyclic amines) is 1. The highest BCUT2D eigenvalue weighted by molar-refractivity contribution is 5.76. The normalized spacial score (nSPS) is 22.4. The summed E-state index contributed by atoms with van der Waals surface area (Å²) in [6.45, 7) is 7.06. The second-order valence-electron chi connectivity index (χ2n) is 5.74. The van der Waals surface area contributed by atoms with Crippen LogP contribution in [0.2, 0.25) is 0 Å². The average molecular weight is 284 g/mol. The van der Waals surface area contributed by atoms with Gasteiger partial charge in [0.25, 0.3) is 0 Å². The smallest absolute Gasteiger partial charge is 0.306 e. The summed E-state index contributed by atoms with van der Waals surface area (Å²) in [4.78, 5) is 26.9. The van der Waals surface area contributed by atoms with Gasteiger partial charge in [0.2, 0.25) is 5.91 Å². The minimum Gasteiger partial charge on any atom is -0.481 e. The lowest BCUT2D eigenvalue weighted by Crippen LogP contribution is -2.51. The third-order valence-corrected chi connectivity index (χ3v) is 4.31. The molecule has 2 aliphatic rings. The maximum atomic E-state index is 11.9. The summed E-state index contributed by atoms with van der Waals surface area (Å²) >= 11 is 0. The van der Waals surface area contributed by atoms with E-state index < -0.39 is 5.97 Å². The van der Waals surface area contributed by atoms with Crippen LogP contribution >= 0.6 is 0 Å². The molecule has 0 aliphatic carbocycles. The van der Waals surface area contributed by atoms with Crippen molar-refractivity contribution in [3.05, 3.63) is 0 Å². The van der Waals surface area contributed by atoms with Crippen LogP contribution < -0.4 is 0 Å². The first kappa shape index (κ1) is 15.3. The van der Waals surface area contributed by atoms with E-state index in [0.717, 1.165) is 26.1 Å². The van der Waals surface area contributed by atoms with Crippen LogP contribution in [-0.2, 0) is 14.3 Å². The number of rotatable bonds is 6. The molecule has 1 atom stereocenters. The zero-order valence-corrected chi connectivity index (χ0v) is 12.1. The number of morpholine rings is 1. The molecule has 2 aliphatic heterocycles. The Labute approximate surface area is 119 Å². The lowest BCUT2D eigenvalue weighted by Gasteiger charge is -2.41. The Morgan fingerprint density at radius 2 is 1.95 bits per heavy atom. The molecule has 0 aromatic rings. The van der Waals surface area contributed by atoms with Crippen molar-refractivity contribution in [1.29, 1.82) is 0 Å². The Kier molecular flexibility index (Phi) is 5.37. The molecule has 1 N–H and O–H groups in total. The van der Waals surface area contributed by atoms with Gasteiger partial charge in [-0.3, -0.25) is 9.59 Å². The van der Waals surface area contributed by atoms with E-state index in [9.17, 15) is 9.59 Å². The quantitative estimate of drug-likeness (QED) is 0.758. The van der Waals surface area contributed by atoms with Gasteiger partial charge >= 0.3 is 5.97 Å². The topological polar surface area (TPSA) is 70.1 Å². The van der Waals surface area contributed by atoms with Gasteiger partial charge < -0.3 is 19.6 Å². The minimum atomic E-state index is -0.711. The molecule has 6 heteroatoms. The number of hydrogen-bond acceptors (Lipinski definition) is 4. The Balaban J connectivity index is 1.56. The standard InChI is InChI=1S/C14H24N2O4/c1-11(14(18)19)12-9-15(10-12)4-2-3-13(17)16-5-7-20-8-6-16/h11-12H,2-10H2,1H3,(H,18,19). The SMILES string of the molecule is CC(C(=O)O)C1CN(CCCC(=O)N2CCOCC2)C1. The van der Waals surface area contributed by atoms with Crippen molar-refractivity contribution in [2.75, 3.05) is 45.9 Å². The molecule has 2 saturated heterocycles. The maximum Gasteiger partial charge on any atom is 0.306 e. The molecule has 2 heterocycles. The van der Waals surface area contributed by atoms with Gasteiger partial charge in [-0.15, -0.1) is 0 Å². The first-order valence-corrected chi connectivity index (χ1v) is 7.38. The molecule has 20 heavy (non-hydrogen) atoms. The zero-order chi connectivity index (χ0) is 14.5. The summed E-state index contributed by atoms with van der Waals surface area (Å²) in [5, 5.41) is 8.92. The van der Waals surface area contributed by atoms with Gasteiger partial charge in [0.1, 0.15) is 0 Å². The molecule has 0 radical (unpaired) electrons. The van der Waals surface area contributed by atoms with E-state index in [2.05, 4.69) is 4.90 Å². The van der Waals surface area contributed by atoms with E-state index in [1.165, 1.54) is 0 Å². The summed E-state index contributed by atoms with van der Waals surface area (Å²) in [5.74, 6) is -0.495. The van der Waals surface area contributed by atoms with Gasteiger partial charge in [-0.05, 0) is 18.9 Å². The maximum absolute atomic E-state index is 11.9. The van der Waals surface area contributed by atoms with E-state index in [4.69, 9.17) is 9.84 Å². The summed E-state index contributed by atoms with van der Waals surface area (Å²) in [5.41, 5.74) is 0. The summed E-state index contributed by atoms with van der Waals surface area (Å²) < 4.78 is 5.22. The van der Waals surface area contributed by atoms with Gasteiger partial charge in [-0.1, -0.05) is 6.92 Å². The fraction of sp³-hybridized carbons (Fsp3) is 0.857. The number of carboxylic acid groups (broad SMARTS) is 1. The number of carboxylic acids is 1.